The third kappa shape index (κ3) is 4.34. The molecule has 0 aromatic heterocycles. The largest absolute Gasteiger partial charge is 0.240 e. The monoisotopic (exact) mass is 351 g/mol. The van der Waals surface area contributed by atoms with Gasteiger partial charge in [0.2, 0.25) is 10.0 Å². The summed E-state index contributed by atoms with van der Waals surface area (Å²) >= 11 is 6.04. The van der Waals surface area contributed by atoms with Gasteiger partial charge in [-0.2, -0.15) is 0 Å². The number of benzene rings is 2. The maximum atomic E-state index is 12.5. The molecule has 0 radical (unpaired) electrons. The van der Waals surface area contributed by atoms with Gasteiger partial charge in [0.1, 0.15) is 0 Å². The molecule has 0 atom stereocenters. The second-order valence-electron chi connectivity index (χ2n) is 5.94. The van der Waals surface area contributed by atoms with Crippen molar-refractivity contribution in [3.63, 3.8) is 0 Å². The van der Waals surface area contributed by atoms with Gasteiger partial charge in [-0.05, 0) is 68.5 Å². The first-order chi connectivity index (χ1) is 10.7. The zero-order valence-corrected chi connectivity index (χ0v) is 15.5. The van der Waals surface area contributed by atoms with E-state index >= 15 is 0 Å². The molecule has 5 heteroatoms. The molecule has 23 heavy (non-hydrogen) atoms. The van der Waals surface area contributed by atoms with Crippen LogP contribution in [0.25, 0.3) is 0 Å². The molecule has 124 valence electrons. The number of hydrogen-bond donors (Lipinski definition) is 1. The average molecular weight is 352 g/mol. The molecule has 1 N–H and O–H groups in total. The minimum absolute atomic E-state index is 0.292. The van der Waals surface area contributed by atoms with Crippen LogP contribution in [0.2, 0.25) is 5.02 Å². The first-order valence-electron chi connectivity index (χ1n) is 7.53. The molecule has 0 bridgehead atoms. The van der Waals surface area contributed by atoms with Gasteiger partial charge in [-0.3, -0.25) is 0 Å². The molecule has 2 rings (SSSR count). The van der Waals surface area contributed by atoms with E-state index in [9.17, 15) is 8.42 Å². The third-order valence-electron chi connectivity index (χ3n) is 3.93. The minimum Gasteiger partial charge on any atom is -0.211 e. The minimum atomic E-state index is -3.53. The number of sulfonamides is 1. The van der Waals surface area contributed by atoms with Gasteiger partial charge in [-0.15, -0.1) is 0 Å². The summed E-state index contributed by atoms with van der Waals surface area (Å²) in [5, 5.41) is 0.580. The number of rotatable bonds is 5. The number of halogens is 1. The van der Waals surface area contributed by atoms with Gasteiger partial charge >= 0.3 is 0 Å². The maximum absolute atomic E-state index is 12.5. The van der Waals surface area contributed by atoms with Crippen LogP contribution < -0.4 is 4.72 Å². The van der Waals surface area contributed by atoms with Crippen LogP contribution in [0.3, 0.4) is 0 Å². The quantitative estimate of drug-likeness (QED) is 0.881. The van der Waals surface area contributed by atoms with Crippen LogP contribution in [0.15, 0.2) is 35.2 Å². The molecule has 0 amide bonds. The molecule has 2 aromatic rings. The van der Waals surface area contributed by atoms with Crippen LogP contribution in [0.4, 0.5) is 0 Å². The SMILES string of the molecule is Cc1ccc(CCNS(=O)(=O)c2cc(C)c(Cl)cc2C)c(C)c1. The lowest BCUT2D eigenvalue weighted by molar-refractivity contribution is 0.581. The van der Waals surface area contributed by atoms with Crippen molar-refractivity contribution in [1.29, 1.82) is 0 Å². The van der Waals surface area contributed by atoms with E-state index in [0.29, 0.717) is 28.4 Å². The lowest BCUT2D eigenvalue weighted by Gasteiger charge is -2.12. The predicted octanol–water partition coefficient (Wildman–Crippen LogP) is 4.09. The summed E-state index contributed by atoms with van der Waals surface area (Å²) in [7, 11) is -3.53. The summed E-state index contributed by atoms with van der Waals surface area (Å²) in [5.74, 6) is 0. The van der Waals surface area contributed by atoms with Crippen LogP contribution in [0, 0.1) is 27.7 Å². The van der Waals surface area contributed by atoms with E-state index in [2.05, 4.69) is 16.9 Å². The van der Waals surface area contributed by atoms with E-state index in [0.717, 1.165) is 11.1 Å². The molecule has 3 nitrogen and oxygen atoms in total. The predicted molar refractivity (Wildman–Crippen MR) is 95.7 cm³/mol. The summed E-state index contributed by atoms with van der Waals surface area (Å²) in [4.78, 5) is 0.292. The fraction of sp³-hybridized carbons (Fsp3) is 0.333. The molecule has 0 aliphatic rings. The molecular formula is C18H22ClNO2S. The normalized spacial score (nSPS) is 11.7. The van der Waals surface area contributed by atoms with E-state index in [4.69, 9.17) is 11.6 Å². The van der Waals surface area contributed by atoms with E-state index in [1.165, 1.54) is 11.1 Å². The van der Waals surface area contributed by atoms with Crippen molar-refractivity contribution in [3.8, 4) is 0 Å². The van der Waals surface area contributed by atoms with Crippen LogP contribution in [-0.2, 0) is 16.4 Å². The van der Waals surface area contributed by atoms with E-state index in [1.54, 1.807) is 26.0 Å². The van der Waals surface area contributed by atoms with Crippen molar-refractivity contribution < 1.29 is 8.42 Å². The smallest absolute Gasteiger partial charge is 0.211 e. The number of hydrogen-bond acceptors (Lipinski definition) is 2. The molecule has 0 unspecified atom stereocenters. The highest BCUT2D eigenvalue weighted by Crippen LogP contribution is 2.23. The number of nitrogens with one attached hydrogen (secondary N) is 1. The Hall–Kier alpha value is -1.36. The molecule has 0 fully saturated rings. The summed E-state index contributed by atoms with van der Waals surface area (Å²) in [6.07, 6.45) is 0.664. The lowest BCUT2D eigenvalue weighted by Crippen LogP contribution is -2.27. The molecule has 0 aliphatic carbocycles. The summed E-state index contributed by atoms with van der Waals surface area (Å²) in [6, 6.07) is 9.52. The molecule has 0 aliphatic heterocycles. The third-order valence-corrected chi connectivity index (χ3v) is 5.94. The summed E-state index contributed by atoms with van der Waals surface area (Å²) in [6.45, 7) is 8.02. The van der Waals surface area contributed by atoms with Gasteiger partial charge in [0.05, 0.1) is 4.90 Å². The highest BCUT2D eigenvalue weighted by molar-refractivity contribution is 7.89. The molecule has 2 aromatic carbocycles. The molecule has 0 saturated carbocycles. The van der Waals surface area contributed by atoms with Crippen LogP contribution in [0.5, 0.6) is 0 Å². The Balaban J connectivity index is 2.12. The Morgan fingerprint density at radius 2 is 1.65 bits per heavy atom. The van der Waals surface area contributed by atoms with Crippen molar-refractivity contribution >= 4 is 21.6 Å². The first kappa shape index (κ1) is 18.0. The maximum Gasteiger partial charge on any atom is 0.240 e. The van der Waals surface area contributed by atoms with Gasteiger partial charge in [-0.1, -0.05) is 35.4 Å². The Labute approximate surface area is 143 Å². The molecular weight excluding hydrogens is 330 g/mol. The summed E-state index contributed by atoms with van der Waals surface area (Å²) < 4.78 is 27.7. The topological polar surface area (TPSA) is 46.2 Å². The van der Waals surface area contributed by atoms with Crippen molar-refractivity contribution in [3.05, 3.63) is 63.2 Å². The van der Waals surface area contributed by atoms with Gasteiger partial charge in [0.15, 0.2) is 0 Å². The Kier molecular flexibility index (Phi) is 5.50. The van der Waals surface area contributed by atoms with E-state index in [-0.39, 0.29) is 0 Å². The van der Waals surface area contributed by atoms with Gasteiger partial charge in [-0.25, -0.2) is 13.1 Å². The molecule has 0 saturated heterocycles. The van der Waals surface area contributed by atoms with Crippen molar-refractivity contribution in [2.45, 2.75) is 39.0 Å². The zero-order valence-electron chi connectivity index (χ0n) is 13.9. The Morgan fingerprint density at radius 3 is 2.30 bits per heavy atom. The van der Waals surface area contributed by atoms with Crippen LogP contribution in [0.1, 0.15) is 27.8 Å². The van der Waals surface area contributed by atoms with Gasteiger partial charge in [0.25, 0.3) is 0 Å². The first-order valence-corrected chi connectivity index (χ1v) is 9.39. The van der Waals surface area contributed by atoms with Crippen molar-refractivity contribution in [2.24, 2.45) is 0 Å². The highest BCUT2D eigenvalue weighted by atomic mass is 35.5. The fourth-order valence-corrected chi connectivity index (χ4v) is 4.13. The Bertz CT molecular complexity index is 829. The van der Waals surface area contributed by atoms with Crippen molar-refractivity contribution in [1.82, 2.24) is 4.72 Å². The van der Waals surface area contributed by atoms with E-state index in [1.807, 2.05) is 19.9 Å². The number of aryl methyl sites for hydroxylation is 4. The van der Waals surface area contributed by atoms with Crippen LogP contribution >= 0.6 is 11.6 Å². The van der Waals surface area contributed by atoms with Gasteiger partial charge < -0.3 is 0 Å². The molecule has 0 heterocycles. The Morgan fingerprint density at radius 1 is 0.957 bits per heavy atom. The lowest BCUT2D eigenvalue weighted by atomic mass is 10.0. The second kappa shape index (κ2) is 7.04. The second-order valence-corrected chi connectivity index (χ2v) is 8.09. The van der Waals surface area contributed by atoms with E-state index < -0.39 is 10.0 Å². The average Bonchev–Trinajstić information content (AvgIpc) is 2.45. The highest BCUT2D eigenvalue weighted by Gasteiger charge is 2.17. The molecule has 0 spiro atoms. The zero-order chi connectivity index (χ0) is 17.2. The van der Waals surface area contributed by atoms with Gasteiger partial charge in [0, 0.05) is 11.6 Å². The van der Waals surface area contributed by atoms with Crippen LogP contribution in [-0.4, -0.2) is 15.0 Å². The standard InChI is InChI=1S/C18H22ClNO2S/c1-12-5-6-16(13(2)9-12)7-8-20-23(21,22)18-11-14(3)17(19)10-15(18)4/h5-6,9-11,20H,7-8H2,1-4H3. The fourth-order valence-electron chi connectivity index (χ4n) is 2.57. The summed E-state index contributed by atoms with van der Waals surface area (Å²) in [5.41, 5.74) is 4.95. The van der Waals surface area contributed by atoms with Crippen molar-refractivity contribution in [2.75, 3.05) is 6.54 Å².